The summed E-state index contributed by atoms with van der Waals surface area (Å²) in [5.74, 6) is -1.61. The Kier molecular flexibility index (Phi) is 3.28. The molecular weight excluding hydrogens is 250 g/mol. The molecule has 0 bridgehead atoms. The molecule has 1 saturated carbocycles. The number of carbonyl (C=O) groups is 3. The van der Waals surface area contributed by atoms with Gasteiger partial charge in [-0.2, -0.15) is 0 Å². The van der Waals surface area contributed by atoms with Gasteiger partial charge in [0.15, 0.2) is 0 Å². The Morgan fingerprint density at radius 1 is 1.37 bits per heavy atom. The van der Waals surface area contributed by atoms with Gasteiger partial charge in [-0.3, -0.25) is 9.69 Å². The lowest BCUT2D eigenvalue weighted by atomic mass is 9.94. The number of rotatable bonds is 1. The average molecular weight is 269 g/mol. The van der Waals surface area contributed by atoms with E-state index in [1.54, 1.807) is 20.8 Å². The van der Waals surface area contributed by atoms with Crippen LogP contribution in [0.15, 0.2) is 0 Å². The lowest BCUT2D eigenvalue weighted by molar-refractivity contribution is -0.143. The van der Waals surface area contributed by atoms with Crippen molar-refractivity contribution in [3.05, 3.63) is 0 Å². The maximum absolute atomic E-state index is 12.0. The van der Waals surface area contributed by atoms with Crippen LogP contribution in [-0.4, -0.2) is 46.0 Å². The van der Waals surface area contributed by atoms with Crippen molar-refractivity contribution in [2.24, 2.45) is 11.8 Å². The van der Waals surface area contributed by atoms with E-state index < -0.39 is 23.7 Å². The Bertz CT molecular complexity index is 425. The van der Waals surface area contributed by atoms with Crippen molar-refractivity contribution >= 4 is 17.8 Å². The standard InChI is InChI=1S/C13H19NO5/c1-13(2,3)19-12(18)14-6-8-7(4-5-9(8)15)10(14)11(16)17/h7-8,10H,4-6H2,1-3H3,(H,16,17)/t7-,8-,10-/m1/s1. The van der Waals surface area contributed by atoms with Gasteiger partial charge in [0, 0.05) is 24.8 Å². The van der Waals surface area contributed by atoms with E-state index in [0.29, 0.717) is 12.8 Å². The van der Waals surface area contributed by atoms with Crippen LogP contribution in [-0.2, 0) is 14.3 Å². The topological polar surface area (TPSA) is 83.9 Å². The molecule has 1 N–H and O–H groups in total. The van der Waals surface area contributed by atoms with Crippen LogP contribution in [0.5, 0.6) is 0 Å². The van der Waals surface area contributed by atoms with Crippen molar-refractivity contribution in [1.29, 1.82) is 0 Å². The van der Waals surface area contributed by atoms with Crippen LogP contribution in [0.4, 0.5) is 4.79 Å². The van der Waals surface area contributed by atoms with E-state index in [-0.39, 0.29) is 24.2 Å². The minimum Gasteiger partial charge on any atom is -0.480 e. The molecule has 1 saturated heterocycles. The summed E-state index contributed by atoms with van der Waals surface area (Å²) in [6, 6.07) is -0.939. The molecule has 2 fully saturated rings. The van der Waals surface area contributed by atoms with Gasteiger partial charge in [-0.15, -0.1) is 0 Å². The Morgan fingerprint density at radius 3 is 2.53 bits per heavy atom. The highest BCUT2D eigenvalue weighted by Gasteiger charge is 2.53. The molecule has 2 aliphatic rings. The fourth-order valence-electron chi connectivity index (χ4n) is 2.93. The van der Waals surface area contributed by atoms with Crippen molar-refractivity contribution in [1.82, 2.24) is 4.90 Å². The highest BCUT2D eigenvalue weighted by atomic mass is 16.6. The Morgan fingerprint density at radius 2 is 2.00 bits per heavy atom. The van der Waals surface area contributed by atoms with Crippen LogP contribution in [0.3, 0.4) is 0 Å². The maximum Gasteiger partial charge on any atom is 0.411 e. The molecule has 2 rings (SSSR count). The van der Waals surface area contributed by atoms with Gasteiger partial charge in [0.1, 0.15) is 17.4 Å². The van der Waals surface area contributed by atoms with Crippen molar-refractivity contribution in [3.63, 3.8) is 0 Å². The summed E-state index contributed by atoms with van der Waals surface area (Å²) in [5, 5.41) is 9.30. The van der Waals surface area contributed by atoms with E-state index in [4.69, 9.17) is 4.74 Å². The number of aliphatic carboxylic acids is 1. The van der Waals surface area contributed by atoms with Gasteiger partial charge in [0.2, 0.25) is 0 Å². The van der Waals surface area contributed by atoms with E-state index in [2.05, 4.69) is 0 Å². The summed E-state index contributed by atoms with van der Waals surface area (Å²) in [6.07, 6.45) is 0.309. The van der Waals surface area contributed by atoms with Gasteiger partial charge in [-0.05, 0) is 27.2 Å². The number of hydrogen-bond acceptors (Lipinski definition) is 4. The molecule has 0 aromatic carbocycles. The van der Waals surface area contributed by atoms with Crippen LogP contribution >= 0.6 is 0 Å². The molecule has 6 nitrogen and oxygen atoms in total. The molecule has 1 amide bonds. The summed E-state index contributed by atoms with van der Waals surface area (Å²) in [4.78, 5) is 36.3. The molecule has 0 aromatic heterocycles. The Labute approximate surface area is 111 Å². The maximum atomic E-state index is 12.0. The minimum atomic E-state index is -1.06. The summed E-state index contributed by atoms with van der Waals surface area (Å²) < 4.78 is 5.21. The second-order valence-corrected chi connectivity index (χ2v) is 6.19. The van der Waals surface area contributed by atoms with Crippen LogP contribution in [0, 0.1) is 11.8 Å². The molecular formula is C13H19NO5. The molecule has 0 spiro atoms. The van der Waals surface area contributed by atoms with Gasteiger partial charge in [-0.1, -0.05) is 0 Å². The van der Waals surface area contributed by atoms with Gasteiger partial charge >= 0.3 is 12.1 Å². The van der Waals surface area contributed by atoms with Crippen LogP contribution in [0.25, 0.3) is 0 Å². The SMILES string of the molecule is CC(C)(C)OC(=O)N1C[C@H]2C(=O)CC[C@H]2[C@@H]1C(=O)O. The predicted octanol–water partition coefficient (Wildman–Crippen LogP) is 1.29. The number of ketones is 1. The summed E-state index contributed by atoms with van der Waals surface area (Å²) >= 11 is 0. The lowest BCUT2D eigenvalue weighted by Gasteiger charge is -2.28. The largest absolute Gasteiger partial charge is 0.480 e. The van der Waals surface area contributed by atoms with Crippen molar-refractivity contribution in [2.45, 2.75) is 45.3 Å². The third-order valence-electron chi connectivity index (χ3n) is 3.67. The molecule has 0 radical (unpaired) electrons. The molecule has 1 heterocycles. The highest BCUT2D eigenvalue weighted by Crippen LogP contribution is 2.40. The second kappa shape index (κ2) is 4.51. The third kappa shape index (κ3) is 2.57. The molecule has 1 aliphatic carbocycles. The molecule has 0 unspecified atom stereocenters. The molecule has 1 aliphatic heterocycles. The van der Waals surface area contributed by atoms with E-state index in [0.717, 1.165) is 0 Å². The minimum absolute atomic E-state index is 0.0577. The molecule has 3 atom stereocenters. The molecule has 19 heavy (non-hydrogen) atoms. The smallest absolute Gasteiger partial charge is 0.411 e. The van der Waals surface area contributed by atoms with Crippen LogP contribution in [0.1, 0.15) is 33.6 Å². The van der Waals surface area contributed by atoms with E-state index >= 15 is 0 Å². The zero-order valence-electron chi connectivity index (χ0n) is 11.4. The Hall–Kier alpha value is -1.59. The van der Waals surface area contributed by atoms with E-state index in [1.807, 2.05) is 0 Å². The highest BCUT2D eigenvalue weighted by molar-refractivity contribution is 5.89. The van der Waals surface area contributed by atoms with Crippen LogP contribution in [0.2, 0.25) is 0 Å². The summed E-state index contributed by atoms with van der Waals surface area (Å²) in [5.41, 5.74) is -0.679. The predicted molar refractivity (Wildman–Crippen MR) is 65.6 cm³/mol. The summed E-state index contributed by atoms with van der Waals surface area (Å²) in [7, 11) is 0. The Balaban J connectivity index is 2.18. The zero-order valence-corrected chi connectivity index (χ0v) is 11.4. The first-order valence-electron chi connectivity index (χ1n) is 6.46. The number of nitrogens with zero attached hydrogens (tertiary/aromatic N) is 1. The third-order valence-corrected chi connectivity index (χ3v) is 3.67. The van der Waals surface area contributed by atoms with Crippen molar-refractivity contribution < 1.29 is 24.2 Å². The van der Waals surface area contributed by atoms with E-state index in [9.17, 15) is 19.5 Å². The normalized spacial score (nSPS) is 30.4. The van der Waals surface area contributed by atoms with Crippen molar-refractivity contribution in [2.75, 3.05) is 6.54 Å². The quantitative estimate of drug-likeness (QED) is 0.775. The number of carbonyl (C=O) groups excluding carboxylic acids is 2. The summed E-state index contributed by atoms with van der Waals surface area (Å²) in [6.45, 7) is 5.34. The number of likely N-dealkylation sites (tertiary alicyclic amines) is 1. The molecule has 0 aromatic rings. The first-order valence-corrected chi connectivity index (χ1v) is 6.46. The van der Waals surface area contributed by atoms with Crippen molar-refractivity contribution in [3.8, 4) is 0 Å². The van der Waals surface area contributed by atoms with Crippen LogP contribution < -0.4 is 0 Å². The monoisotopic (exact) mass is 269 g/mol. The number of fused-ring (bicyclic) bond motifs is 1. The van der Waals surface area contributed by atoms with Gasteiger partial charge in [-0.25, -0.2) is 9.59 Å². The first kappa shape index (κ1) is 13.8. The van der Waals surface area contributed by atoms with Gasteiger partial charge < -0.3 is 9.84 Å². The molecule has 106 valence electrons. The average Bonchev–Trinajstić information content (AvgIpc) is 2.76. The number of Topliss-reactive ketones (excluding diaryl/α,β-unsaturated/α-hetero) is 1. The lowest BCUT2D eigenvalue weighted by Crippen LogP contribution is -2.45. The number of ether oxygens (including phenoxy) is 1. The number of amides is 1. The number of carboxylic acids is 1. The second-order valence-electron chi connectivity index (χ2n) is 6.19. The number of carboxylic acid groups (broad SMARTS) is 1. The van der Waals surface area contributed by atoms with Gasteiger partial charge in [0.25, 0.3) is 0 Å². The fraction of sp³-hybridized carbons (Fsp3) is 0.769. The number of hydrogen-bond donors (Lipinski definition) is 1. The van der Waals surface area contributed by atoms with Gasteiger partial charge in [0.05, 0.1) is 0 Å². The zero-order chi connectivity index (χ0) is 14.4. The fourth-order valence-corrected chi connectivity index (χ4v) is 2.93. The first-order chi connectivity index (χ1) is 8.70. The van der Waals surface area contributed by atoms with E-state index in [1.165, 1.54) is 4.90 Å². The molecule has 6 heteroatoms.